The minimum absolute atomic E-state index is 0.163. The van der Waals surface area contributed by atoms with Crippen LogP contribution in [0.15, 0.2) is 52.3 Å². The quantitative estimate of drug-likeness (QED) is 0.692. The summed E-state index contributed by atoms with van der Waals surface area (Å²) in [7, 11) is 0. The van der Waals surface area contributed by atoms with Crippen LogP contribution < -0.4 is 4.90 Å². The molecule has 4 nitrogen and oxygen atoms in total. The summed E-state index contributed by atoms with van der Waals surface area (Å²) in [6.45, 7) is 8.33. The zero-order chi connectivity index (χ0) is 20.3. The monoisotopic (exact) mass is 427 g/mol. The van der Waals surface area contributed by atoms with E-state index in [1.54, 1.807) is 23.9 Å². The lowest BCUT2D eigenvalue weighted by atomic mass is 10.0. The largest absolute Gasteiger partial charge is 0.379 e. The Kier molecular flexibility index (Phi) is 6.27. The molecule has 2 saturated heterocycles. The third kappa shape index (κ3) is 4.37. The maximum atomic E-state index is 14.0. The SMILES string of the molecule is Fc1ccc2c(c1)N(CCCN1CCC(N3CCOCC3)CC1)c1ccccc1S2. The maximum absolute atomic E-state index is 14.0. The van der Waals surface area contributed by atoms with Crippen LogP contribution in [-0.4, -0.2) is 68.3 Å². The Morgan fingerprint density at radius 2 is 1.67 bits per heavy atom. The topological polar surface area (TPSA) is 19.0 Å². The Morgan fingerprint density at radius 3 is 2.50 bits per heavy atom. The van der Waals surface area contributed by atoms with Gasteiger partial charge < -0.3 is 14.5 Å². The molecule has 5 rings (SSSR count). The van der Waals surface area contributed by atoms with E-state index in [2.05, 4.69) is 39.0 Å². The molecule has 0 aromatic heterocycles. The first-order chi connectivity index (χ1) is 14.8. The lowest BCUT2D eigenvalue weighted by Gasteiger charge is -2.40. The summed E-state index contributed by atoms with van der Waals surface area (Å²) >= 11 is 1.74. The van der Waals surface area contributed by atoms with Crippen LogP contribution >= 0.6 is 11.8 Å². The summed E-state index contributed by atoms with van der Waals surface area (Å²) in [5.41, 5.74) is 2.20. The molecule has 0 amide bonds. The van der Waals surface area contributed by atoms with Crippen LogP contribution in [0.1, 0.15) is 19.3 Å². The van der Waals surface area contributed by atoms with Gasteiger partial charge in [0.15, 0.2) is 0 Å². The summed E-state index contributed by atoms with van der Waals surface area (Å²) in [5, 5.41) is 0. The summed E-state index contributed by atoms with van der Waals surface area (Å²) in [6.07, 6.45) is 3.60. The van der Waals surface area contributed by atoms with Crippen molar-refractivity contribution >= 4 is 23.1 Å². The molecule has 0 atom stereocenters. The molecule has 0 aliphatic carbocycles. The number of anilines is 2. The summed E-state index contributed by atoms with van der Waals surface area (Å²) < 4.78 is 19.5. The third-order valence-electron chi connectivity index (χ3n) is 6.56. The van der Waals surface area contributed by atoms with E-state index >= 15 is 0 Å². The highest BCUT2D eigenvalue weighted by Crippen LogP contribution is 2.48. The van der Waals surface area contributed by atoms with Gasteiger partial charge >= 0.3 is 0 Å². The van der Waals surface area contributed by atoms with Crippen LogP contribution in [0, 0.1) is 5.82 Å². The van der Waals surface area contributed by atoms with Gasteiger partial charge in [-0.15, -0.1) is 0 Å². The van der Waals surface area contributed by atoms with E-state index in [-0.39, 0.29) is 5.82 Å². The van der Waals surface area contributed by atoms with Crippen molar-refractivity contribution in [1.29, 1.82) is 0 Å². The molecule has 0 radical (unpaired) electrons. The highest BCUT2D eigenvalue weighted by atomic mass is 32.2. The number of para-hydroxylation sites is 1. The number of hydrogen-bond acceptors (Lipinski definition) is 5. The fraction of sp³-hybridized carbons (Fsp3) is 0.500. The Balaban J connectivity index is 1.19. The average Bonchev–Trinajstić information content (AvgIpc) is 2.80. The van der Waals surface area contributed by atoms with Crippen LogP contribution in [0.2, 0.25) is 0 Å². The number of fused-ring (bicyclic) bond motifs is 2. The van der Waals surface area contributed by atoms with E-state index in [9.17, 15) is 4.39 Å². The normalized spacial score (nSPS) is 20.8. The van der Waals surface area contributed by atoms with Crippen molar-refractivity contribution in [1.82, 2.24) is 9.80 Å². The fourth-order valence-corrected chi connectivity index (χ4v) is 6.02. The lowest BCUT2D eigenvalue weighted by Crippen LogP contribution is -2.49. The molecule has 3 heterocycles. The zero-order valence-electron chi connectivity index (χ0n) is 17.4. The van der Waals surface area contributed by atoms with Gasteiger partial charge in [-0.2, -0.15) is 0 Å². The molecule has 0 N–H and O–H groups in total. The number of halogens is 1. The standard InChI is InChI=1S/C24H30FN3OS/c25-19-6-7-24-22(18-19)28(21-4-1-2-5-23(21)30-24)11-3-10-26-12-8-20(9-13-26)27-14-16-29-17-15-27/h1-2,4-7,18,20H,3,8-17H2. The molecule has 3 aliphatic heterocycles. The highest BCUT2D eigenvalue weighted by Gasteiger charge is 2.27. The van der Waals surface area contributed by atoms with Gasteiger partial charge in [-0.3, -0.25) is 4.90 Å². The second-order valence-corrected chi connectivity index (χ2v) is 9.49. The highest BCUT2D eigenvalue weighted by molar-refractivity contribution is 7.99. The van der Waals surface area contributed by atoms with E-state index < -0.39 is 0 Å². The van der Waals surface area contributed by atoms with Crippen molar-refractivity contribution in [3.05, 3.63) is 48.3 Å². The number of hydrogen-bond donors (Lipinski definition) is 0. The maximum Gasteiger partial charge on any atom is 0.125 e. The molecule has 6 heteroatoms. The first-order valence-electron chi connectivity index (χ1n) is 11.2. The molecule has 2 aromatic rings. The molecular weight excluding hydrogens is 397 g/mol. The molecule has 3 aliphatic rings. The van der Waals surface area contributed by atoms with Crippen LogP contribution in [0.3, 0.4) is 0 Å². The van der Waals surface area contributed by atoms with Gasteiger partial charge in [-0.1, -0.05) is 23.9 Å². The predicted molar refractivity (Wildman–Crippen MR) is 120 cm³/mol. The van der Waals surface area contributed by atoms with Crippen molar-refractivity contribution < 1.29 is 9.13 Å². The summed E-state index contributed by atoms with van der Waals surface area (Å²) in [5.74, 6) is -0.163. The van der Waals surface area contributed by atoms with E-state index in [4.69, 9.17) is 4.74 Å². The van der Waals surface area contributed by atoms with Crippen LogP contribution in [0.5, 0.6) is 0 Å². The van der Waals surface area contributed by atoms with Crippen LogP contribution in [0.4, 0.5) is 15.8 Å². The number of benzene rings is 2. The first kappa shape index (κ1) is 20.3. The number of likely N-dealkylation sites (tertiary alicyclic amines) is 1. The van der Waals surface area contributed by atoms with Gasteiger partial charge in [0.25, 0.3) is 0 Å². The fourth-order valence-electron chi connectivity index (χ4n) is 4.95. The lowest BCUT2D eigenvalue weighted by molar-refractivity contribution is 0.000896. The Morgan fingerprint density at radius 1 is 0.900 bits per heavy atom. The van der Waals surface area contributed by atoms with E-state index in [0.717, 1.165) is 62.4 Å². The van der Waals surface area contributed by atoms with E-state index in [1.807, 2.05) is 6.07 Å². The minimum Gasteiger partial charge on any atom is -0.379 e. The second kappa shape index (κ2) is 9.27. The summed E-state index contributed by atoms with van der Waals surface area (Å²) in [4.78, 5) is 9.93. The molecule has 30 heavy (non-hydrogen) atoms. The number of piperidine rings is 1. The Labute approximate surface area is 183 Å². The van der Waals surface area contributed by atoms with Crippen LogP contribution in [0.25, 0.3) is 0 Å². The first-order valence-corrected chi connectivity index (χ1v) is 12.0. The van der Waals surface area contributed by atoms with Gasteiger partial charge in [0.1, 0.15) is 5.82 Å². The molecule has 0 unspecified atom stereocenters. The molecule has 2 aromatic carbocycles. The van der Waals surface area contributed by atoms with Crippen molar-refractivity contribution in [3.63, 3.8) is 0 Å². The molecule has 0 bridgehead atoms. The molecular formula is C24H30FN3OS. The van der Waals surface area contributed by atoms with Crippen LogP contribution in [-0.2, 0) is 4.74 Å². The van der Waals surface area contributed by atoms with Gasteiger partial charge in [0.05, 0.1) is 24.6 Å². The van der Waals surface area contributed by atoms with Gasteiger partial charge in [0, 0.05) is 35.5 Å². The summed E-state index contributed by atoms with van der Waals surface area (Å²) in [6, 6.07) is 14.4. The van der Waals surface area contributed by atoms with Gasteiger partial charge in [-0.05, 0) is 69.2 Å². The van der Waals surface area contributed by atoms with E-state index in [1.165, 1.54) is 36.5 Å². The number of morpholine rings is 1. The van der Waals surface area contributed by atoms with Crippen molar-refractivity contribution in [3.8, 4) is 0 Å². The predicted octanol–water partition coefficient (Wildman–Crippen LogP) is 4.62. The Bertz CT molecular complexity index is 865. The number of rotatable bonds is 5. The average molecular weight is 428 g/mol. The number of ether oxygens (including phenoxy) is 1. The molecule has 2 fully saturated rings. The second-order valence-electron chi connectivity index (χ2n) is 8.41. The van der Waals surface area contributed by atoms with Gasteiger partial charge in [0.2, 0.25) is 0 Å². The number of nitrogens with zero attached hydrogens (tertiary/aromatic N) is 3. The third-order valence-corrected chi connectivity index (χ3v) is 7.69. The Hall–Kier alpha value is -1.60. The van der Waals surface area contributed by atoms with Crippen molar-refractivity contribution in [2.45, 2.75) is 35.1 Å². The molecule has 0 saturated carbocycles. The minimum atomic E-state index is -0.163. The smallest absolute Gasteiger partial charge is 0.125 e. The zero-order valence-corrected chi connectivity index (χ0v) is 18.2. The van der Waals surface area contributed by atoms with Crippen molar-refractivity contribution in [2.24, 2.45) is 0 Å². The molecule has 0 spiro atoms. The van der Waals surface area contributed by atoms with E-state index in [0.29, 0.717) is 0 Å². The van der Waals surface area contributed by atoms with Gasteiger partial charge in [-0.25, -0.2) is 4.39 Å². The van der Waals surface area contributed by atoms with Crippen molar-refractivity contribution in [2.75, 3.05) is 57.4 Å². The molecule has 160 valence electrons.